The largest absolute Gasteiger partial charge is 0.366 e. The Kier molecular flexibility index (Phi) is 6.17. The summed E-state index contributed by atoms with van der Waals surface area (Å²) >= 11 is 0. The van der Waals surface area contributed by atoms with E-state index in [-0.39, 0.29) is 10.6 Å². The highest BCUT2D eigenvalue weighted by Crippen LogP contribution is 2.25. The Hall–Kier alpha value is -3.48. The highest BCUT2D eigenvalue weighted by Gasteiger charge is 2.15. The van der Waals surface area contributed by atoms with Crippen LogP contribution in [0.3, 0.4) is 0 Å². The molecule has 2 aromatic carbocycles. The van der Waals surface area contributed by atoms with Gasteiger partial charge in [0.1, 0.15) is 5.82 Å². The van der Waals surface area contributed by atoms with Crippen LogP contribution in [-0.2, 0) is 6.54 Å². The Morgan fingerprint density at radius 1 is 0.967 bits per heavy atom. The standard InChI is InChI=1S/C23H25N5O2/c29-28(30)20-13-7-8-17(14-20)16-24-22-15-21(18-9-3-1-4-10-18)26-23(27-22)25-19-11-5-2-6-12-19/h1,3-4,7-10,13-15,19H,2,5-6,11-12,16H2,(H2,24,25,26,27). The molecule has 1 heterocycles. The minimum atomic E-state index is -0.381. The van der Waals surface area contributed by atoms with Crippen molar-refractivity contribution in [2.24, 2.45) is 0 Å². The van der Waals surface area contributed by atoms with Crippen LogP contribution in [-0.4, -0.2) is 20.9 Å². The van der Waals surface area contributed by atoms with E-state index in [2.05, 4.69) is 15.6 Å². The third-order valence-corrected chi connectivity index (χ3v) is 5.33. The maximum absolute atomic E-state index is 11.0. The number of nitro groups is 1. The second kappa shape index (κ2) is 9.35. The lowest BCUT2D eigenvalue weighted by Crippen LogP contribution is -2.23. The molecule has 7 heteroatoms. The van der Waals surface area contributed by atoms with Crippen molar-refractivity contribution in [3.8, 4) is 11.3 Å². The number of nitrogens with one attached hydrogen (secondary N) is 2. The smallest absolute Gasteiger partial charge is 0.269 e. The summed E-state index contributed by atoms with van der Waals surface area (Å²) in [5.41, 5.74) is 2.77. The van der Waals surface area contributed by atoms with Crippen molar-refractivity contribution in [2.75, 3.05) is 10.6 Å². The molecule has 0 bridgehead atoms. The monoisotopic (exact) mass is 403 g/mol. The highest BCUT2D eigenvalue weighted by atomic mass is 16.6. The van der Waals surface area contributed by atoms with E-state index in [0.717, 1.165) is 29.7 Å². The van der Waals surface area contributed by atoms with E-state index in [1.165, 1.54) is 25.3 Å². The van der Waals surface area contributed by atoms with Gasteiger partial charge in [-0.25, -0.2) is 4.98 Å². The third kappa shape index (κ3) is 5.11. The molecule has 0 radical (unpaired) electrons. The van der Waals surface area contributed by atoms with Crippen LogP contribution >= 0.6 is 0 Å². The summed E-state index contributed by atoms with van der Waals surface area (Å²) in [7, 11) is 0. The molecule has 0 aliphatic heterocycles. The Morgan fingerprint density at radius 3 is 2.53 bits per heavy atom. The molecule has 1 saturated carbocycles. The fraction of sp³-hybridized carbons (Fsp3) is 0.304. The summed E-state index contributed by atoms with van der Waals surface area (Å²) in [5, 5.41) is 17.8. The zero-order valence-electron chi connectivity index (χ0n) is 16.8. The Bertz CT molecular complexity index is 1000. The van der Waals surface area contributed by atoms with Gasteiger partial charge in [-0.3, -0.25) is 10.1 Å². The maximum atomic E-state index is 11.0. The second-order valence-electron chi connectivity index (χ2n) is 7.59. The van der Waals surface area contributed by atoms with Crippen LogP contribution in [0.25, 0.3) is 11.3 Å². The molecular formula is C23H25N5O2. The minimum absolute atomic E-state index is 0.0848. The molecule has 0 amide bonds. The number of hydrogen-bond acceptors (Lipinski definition) is 6. The minimum Gasteiger partial charge on any atom is -0.366 e. The summed E-state index contributed by atoms with van der Waals surface area (Å²) in [6, 6.07) is 18.9. The number of hydrogen-bond donors (Lipinski definition) is 2. The van der Waals surface area contributed by atoms with Crippen LogP contribution in [0.1, 0.15) is 37.7 Å². The molecule has 1 aliphatic carbocycles. The van der Waals surface area contributed by atoms with Crippen molar-refractivity contribution < 1.29 is 4.92 Å². The molecular weight excluding hydrogens is 378 g/mol. The van der Waals surface area contributed by atoms with Gasteiger partial charge < -0.3 is 10.6 Å². The number of nitrogens with zero attached hydrogens (tertiary/aromatic N) is 3. The molecule has 3 aromatic rings. The molecule has 7 nitrogen and oxygen atoms in total. The highest BCUT2D eigenvalue weighted by molar-refractivity contribution is 5.64. The second-order valence-corrected chi connectivity index (χ2v) is 7.59. The summed E-state index contributed by atoms with van der Waals surface area (Å²) in [4.78, 5) is 20.0. The van der Waals surface area contributed by atoms with Crippen LogP contribution in [0.15, 0.2) is 60.7 Å². The number of rotatable bonds is 7. The molecule has 1 aromatic heterocycles. The number of non-ortho nitro benzene ring substituents is 1. The van der Waals surface area contributed by atoms with E-state index in [1.807, 2.05) is 42.5 Å². The summed E-state index contributed by atoms with van der Waals surface area (Å²) in [5.74, 6) is 1.30. The third-order valence-electron chi connectivity index (χ3n) is 5.33. The van der Waals surface area contributed by atoms with Gasteiger partial charge in [0, 0.05) is 36.3 Å². The van der Waals surface area contributed by atoms with Crippen LogP contribution < -0.4 is 10.6 Å². The Morgan fingerprint density at radius 2 is 1.77 bits per heavy atom. The fourth-order valence-electron chi connectivity index (χ4n) is 3.76. The quantitative estimate of drug-likeness (QED) is 0.405. The number of benzene rings is 2. The molecule has 4 rings (SSSR count). The van der Waals surface area contributed by atoms with E-state index >= 15 is 0 Å². The van der Waals surface area contributed by atoms with Gasteiger partial charge in [-0.1, -0.05) is 61.7 Å². The topological polar surface area (TPSA) is 93.0 Å². The Balaban J connectivity index is 1.57. The molecule has 30 heavy (non-hydrogen) atoms. The summed E-state index contributed by atoms with van der Waals surface area (Å²) in [6.07, 6.45) is 6.02. The van der Waals surface area contributed by atoms with Crippen molar-refractivity contribution in [2.45, 2.75) is 44.7 Å². The van der Waals surface area contributed by atoms with Gasteiger partial charge in [-0.05, 0) is 18.4 Å². The number of anilines is 2. The van der Waals surface area contributed by atoms with Crippen LogP contribution in [0.4, 0.5) is 17.5 Å². The fourth-order valence-corrected chi connectivity index (χ4v) is 3.76. The molecule has 2 N–H and O–H groups in total. The van der Waals surface area contributed by atoms with Gasteiger partial charge >= 0.3 is 0 Å². The molecule has 154 valence electrons. The number of nitro benzene ring substituents is 1. The molecule has 0 unspecified atom stereocenters. The normalized spacial score (nSPS) is 14.3. The van der Waals surface area contributed by atoms with Gasteiger partial charge in [-0.2, -0.15) is 4.98 Å². The first-order valence-corrected chi connectivity index (χ1v) is 10.4. The van der Waals surface area contributed by atoms with E-state index in [0.29, 0.717) is 24.4 Å². The molecule has 0 saturated heterocycles. The predicted molar refractivity (Wildman–Crippen MR) is 118 cm³/mol. The van der Waals surface area contributed by atoms with Crippen molar-refractivity contribution in [3.63, 3.8) is 0 Å². The summed E-state index contributed by atoms with van der Waals surface area (Å²) in [6.45, 7) is 0.440. The first-order valence-electron chi connectivity index (χ1n) is 10.4. The van der Waals surface area contributed by atoms with Crippen molar-refractivity contribution >= 4 is 17.5 Å². The summed E-state index contributed by atoms with van der Waals surface area (Å²) < 4.78 is 0. The average molecular weight is 403 g/mol. The van der Waals surface area contributed by atoms with Crippen LogP contribution in [0.5, 0.6) is 0 Å². The zero-order valence-corrected chi connectivity index (χ0v) is 16.8. The zero-order chi connectivity index (χ0) is 20.8. The average Bonchev–Trinajstić information content (AvgIpc) is 2.79. The van der Waals surface area contributed by atoms with Crippen molar-refractivity contribution in [1.82, 2.24) is 9.97 Å². The molecule has 1 fully saturated rings. The van der Waals surface area contributed by atoms with Crippen LogP contribution in [0, 0.1) is 10.1 Å². The first kappa shape index (κ1) is 19.8. The van der Waals surface area contributed by atoms with Crippen LogP contribution in [0.2, 0.25) is 0 Å². The van der Waals surface area contributed by atoms with Gasteiger partial charge in [0.15, 0.2) is 0 Å². The molecule has 0 atom stereocenters. The lowest BCUT2D eigenvalue weighted by molar-refractivity contribution is -0.384. The van der Waals surface area contributed by atoms with Crippen molar-refractivity contribution in [3.05, 3.63) is 76.3 Å². The lowest BCUT2D eigenvalue weighted by Gasteiger charge is -2.23. The van der Waals surface area contributed by atoms with E-state index in [1.54, 1.807) is 12.1 Å². The maximum Gasteiger partial charge on any atom is 0.269 e. The Labute approximate surface area is 175 Å². The van der Waals surface area contributed by atoms with Crippen molar-refractivity contribution in [1.29, 1.82) is 0 Å². The van der Waals surface area contributed by atoms with Gasteiger partial charge in [0.05, 0.1) is 10.6 Å². The first-order chi connectivity index (χ1) is 14.7. The van der Waals surface area contributed by atoms with E-state index < -0.39 is 0 Å². The van der Waals surface area contributed by atoms with Gasteiger partial charge in [0.25, 0.3) is 5.69 Å². The molecule has 1 aliphatic rings. The van der Waals surface area contributed by atoms with E-state index in [4.69, 9.17) is 4.98 Å². The van der Waals surface area contributed by atoms with E-state index in [9.17, 15) is 10.1 Å². The van der Waals surface area contributed by atoms with Gasteiger partial charge in [0.2, 0.25) is 5.95 Å². The number of aromatic nitrogens is 2. The predicted octanol–water partition coefficient (Wildman–Crippen LogP) is 5.41. The lowest BCUT2D eigenvalue weighted by atomic mass is 9.96. The SMILES string of the molecule is O=[N+]([O-])c1cccc(CNc2cc(-c3ccccc3)nc(NC3CCCCC3)n2)c1. The molecule has 0 spiro atoms. The van der Waals surface area contributed by atoms with Gasteiger partial charge in [-0.15, -0.1) is 0 Å².